The van der Waals surface area contributed by atoms with Crippen molar-refractivity contribution in [2.24, 2.45) is 0 Å². The highest BCUT2D eigenvalue weighted by Gasteiger charge is 2.60. The van der Waals surface area contributed by atoms with Gasteiger partial charge in [0.25, 0.3) is 0 Å². The highest BCUT2D eigenvalue weighted by atomic mass is 16.8. The Kier molecular flexibility index (Phi) is 4.20. The third kappa shape index (κ3) is 2.71. The smallest absolute Gasteiger partial charge is 0.417 e. The second kappa shape index (κ2) is 6.38. The summed E-state index contributed by atoms with van der Waals surface area (Å²) in [5.41, 5.74) is 0.860. The fourth-order valence-corrected chi connectivity index (χ4v) is 3.57. The predicted octanol–water partition coefficient (Wildman–Crippen LogP) is 1.21. The van der Waals surface area contributed by atoms with Gasteiger partial charge >= 0.3 is 6.09 Å². The number of ether oxygens (including phenoxy) is 5. The zero-order valence-corrected chi connectivity index (χ0v) is 13.9. The minimum Gasteiger partial charge on any atom is -0.440 e. The van der Waals surface area contributed by atoms with Gasteiger partial charge in [-0.1, -0.05) is 30.3 Å². The number of rotatable bonds is 2. The summed E-state index contributed by atoms with van der Waals surface area (Å²) in [6.45, 7) is 1.57. The van der Waals surface area contributed by atoms with E-state index in [0.717, 1.165) is 10.5 Å². The third-order valence-electron chi connectivity index (χ3n) is 4.68. The monoisotopic (exact) mass is 349 g/mol. The average Bonchev–Trinajstić information content (AvgIpc) is 2.98. The van der Waals surface area contributed by atoms with Gasteiger partial charge in [0, 0.05) is 19.6 Å². The van der Waals surface area contributed by atoms with Crippen molar-refractivity contribution in [2.45, 2.75) is 43.9 Å². The zero-order valence-electron chi connectivity index (χ0n) is 13.9. The number of fused-ring (bicyclic) bond motifs is 3. The van der Waals surface area contributed by atoms with Crippen molar-refractivity contribution in [1.82, 2.24) is 4.90 Å². The summed E-state index contributed by atoms with van der Waals surface area (Å²) in [4.78, 5) is 25.1. The molecule has 8 heteroatoms. The Morgan fingerprint density at radius 2 is 1.96 bits per heavy atom. The minimum absolute atomic E-state index is 0.269. The number of benzene rings is 1. The van der Waals surface area contributed by atoms with E-state index < -0.39 is 48.9 Å². The van der Waals surface area contributed by atoms with Crippen molar-refractivity contribution in [3.63, 3.8) is 0 Å². The second-order valence-corrected chi connectivity index (χ2v) is 6.18. The van der Waals surface area contributed by atoms with Crippen LogP contribution in [0.4, 0.5) is 4.79 Å². The Morgan fingerprint density at radius 3 is 2.64 bits per heavy atom. The van der Waals surface area contributed by atoms with Crippen LogP contribution in [0.3, 0.4) is 0 Å². The van der Waals surface area contributed by atoms with Crippen LogP contribution >= 0.6 is 0 Å². The lowest BCUT2D eigenvalue weighted by molar-refractivity contribution is -0.337. The van der Waals surface area contributed by atoms with Gasteiger partial charge in [-0.05, 0) is 0 Å². The molecule has 134 valence electrons. The molecule has 0 N–H and O–H groups in total. The molecule has 0 radical (unpaired) electrons. The largest absolute Gasteiger partial charge is 0.440 e. The van der Waals surface area contributed by atoms with Crippen LogP contribution in [0, 0.1) is 0 Å². The molecule has 3 heterocycles. The van der Waals surface area contributed by atoms with E-state index in [1.165, 1.54) is 14.0 Å². The molecule has 8 nitrogen and oxygen atoms in total. The molecule has 6 atom stereocenters. The van der Waals surface area contributed by atoms with E-state index in [2.05, 4.69) is 0 Å². The van der Waals surface area contributed by atoms with E-state index in [4.69, 9.17) is 23.7 Å². The van der Waals surface area contributed by atoms with E-state index in [9.17, 15) is 9.59 Å². The second-order valence-electron chi connectivity index (χ2n) is 6.18. The fourth-order valence-electron chi connectivity index (χ4n) is 3.57. The number of hydrogen-bond donors (Lipinski definition) is 0. The molecule has 25 heavy (non-hydrogen) atoms. The topological polar surface area (TPSA) is 83.5 Å². The quantitative estimate of drug-likeness (QED) is 0.793. The van der Waals surface area contributed by atoms with Crippen LogP contribution in [0.25, 0.3) is 0 Å². The number of imide groups is 1. The Morgan fingerprint density at radius 1 is 1.20 bits per heavy atom. The summed E-state index contributed by atoms with van der Waals surface area (Å²) in [5.74, 6) is -0.423. The summed E-state index contributed by atoms with van der Waals surface area (Å²) in [5, 5.41) is 0. The number of carbonyl (C=O) groups is 2. The molecule has 4 rings (SSSR count). The molecule has 3 saturated heterocycles. The molecule has 3 aliphatic rings. The summed E-state index contributed by atoms with van der Waals surface area (Å²) < 4.78 is 28.4. The molecular formula is C17H19NO7. The van der Waals surface area contributed by atoms with E-state index >= 15 is 0 Å². The molecule has 0 saturated carbocycles. The normalized spacial score (nSPS) is 37.2. The lowest BCUT2D eigenvalue weighted by Crippen LogP contribution is -2.63. The highest BCUT2D eigenvalue weighted by Crippen LogP contribution is 2.39. The molecule has 3 fully saturated rings. The molecule has 0 aromatic heterocycles. The third-order valence-corrected chi connectivity index (χ3v) is 4.68. The molecule has 1 aromatic rings. The maximum Gasteiger partial charge on any atom is 0.417 e. The van der Waals surface area contributed by atoms with E-state index in [-0.39, 0.29) is 6.61 Å². The number of methoxy groups -OCH3 is 1. The maximum absolute atomic E-state index is 12.2. The summed E-state index contributed by atoms with van der Waals surface area (Å²) in [7, 11) is 1.46. The first kappa shape index (κ1) is 16.5. The lowest BCUT2D eigenvalue weighted by Gasteiger charge is -2.46. The van der Waals surface area contributed by atoms with Gasteiger partial charge in [0.1, 0.15) is 18.2 Å². The van der Waals surface area contributed by atoms with Crippen molar-refractivity contribution in [1.29, 1.82) is 0 Å². The fraction of sp³-hybridized carbons (Fsp3) is 0.529. The van der Waals surface area contributed by atoms with Crippen LogP contribution in [-0.4, -0.2) is 61.3 Å². The lowest BCUT2D eigenvalue weighted by atomic mass is 9.95. The van der Waals surface area contributed by atoms with Crippen molar-refractivity contribution < 1.29 is 33.3 Å². The van der Waals surface area contributed by atoms with Crippen molar-refractivity contribution >= 4 is 12.0 Å². The Hall–Kier alpha value is -2.00. The number of carbonyl (C=O) groups excluding carboxylic acids is 2. The number of hydrogen-bond acceptors (Lipinski definition) is 7. The van der Waals surface area contributed by atoms with Gasteiger partial charge in [0.2, 0.25) is 5.91 Å². The van der Waals surface area contributed by atoms with Crippen LogP contribution in [0.5, 0.6) is 0 Å². The summed E-state index contributed by atoms with van der Waals surface area (Å²) >= 11 is 0. The van der Waals surface area contributed by atoms with Crippen molar-refractivity contribution in [3.8, 4) is 0 Å². The van der Waals surface area contributed by atoms with Gasteiger partial charge < -0.3 is 23.7 Å². The van der Waals surface area contributed by atoms with Gasteiger partial charge in [0.15, 0.2) is 18.7 Å². The van der Waals surface area contributed by atoms with E-state index in [1.54, 1.807) is 0 Å². The standard InChI is InChI=1S/C17H19NO7/c1-9(19)18-12-14(25-17(18)20)13-11(23-16(12)21-2)8-22-15(24-13)10-6-4-3-5-7-10/h3-7,11-16H,8H2,1-2H3/t11-,12-,13-,14-,15-,16-/m1/s1. The van der Waals surface area contributed by atoms with Crippen molar-refractivity contribution in [2.75, 3.05) is 13.7 Å². The average molecular weight is 349 g/mol. The van der Waals surface area contributed by atoms with Gasteiger partial charge in [-0.2, -0.15) is 0 Å². The van der Waals surface area contributed by atoms with Crippen LogP contribution in [0.2, 0.25) is 0 Å². The van der Waals surface area contributed by atoms with Gasteiger partial charge in [-0.25, -0.2) is 9.69 Å². The zero-order chi connectivity index (χ0) is 17.6. The van der Waals surface area contributed by atoms with Crippen LogP contribution in [0.1, 0.15) is 18.8 Å². The van der Waals surface area contributed by atoms with Gasteiger partial charge in [-0.3, -0.25) is 4.79 Å². The Balaban J connectivity index is 1.61. The van der Waals surface area contributed by atoms with E-state index in [1.807, 2.05) is 30.3 Å². The molecule has 1 aromatic carbocycles. The summed E-state index contributed by atoms with van der Waals surface area (Å²) in [6.07, 6.45) is -3.76. The molecule has 0 bridgehead atoms. The van der Waals surface area contributed by atoms with Crippen LogP contribution in [-0.2, 0) is 28.5 Å². The van der Waals surface area contributed by atoms with Gasteiger partial charge in [0.05, 0.1) is 6.61 Å². The molecule has 0 spiro atoms. The predicted molar refractivity (Wildman–Crippen MR) is 82.3 cm³/mol. The molecular weight excluding hydrogens is 330 g/mol. The first-order valence-electron chi connectivity index (χ1n) is 8.11. The van der Waals surface area contributed by atoms with E-state index in [0.29, 0.717) is 0 Å². The van der Waals surface area contributed by atoms with Crippen molar-refractivity contribution in [3.05, 3.63) is 35.9 Å². The first-order chi connectivity index (χ1) is 12.1. The summed E-state index contributed by atoms with van der Waals surface area (Å²) in [6, 6.07) is 8.79. The molecule has 0 aliphatic carbocycles. The number of amides is 2. The maximum atomic E-state index is 12.2. The Bertz CT molecular complexity index is 666. The molecule has 0 unspecified atom stereocenters. The molecule has 3 aliphatic heterocycles. The molecule has 2 amide bonds. The minimum atomic E-state index is -0.790. The van der Waals surface area contributed by atoms with Crippen LogP contribution in [0.15, 0.2) is 30.3 Å². The van der Waals surface area contributed by atoms with Crippen LogP contribution < -0.4 is 0 Å². The first-order valence-corrected chi connectivity index (χ1v) is 8.11. The highest BCUT2D eigenvalue weighted by molar-refractivity contribution is 5.92. The SMILES string of the molecule is CO[C@@H]1O[C@@H]2CO[C@@H](c3ccccc3)O[C@H]2[C@@H]2OC(=O)N(C(C)=O)[C@@H]12. The van der Waals surface area contributed by atoms with Gasteiger partial charge in [-0.15, -0.1) is 0 Å². The Labute approximate surface area is 144 Å². The number of nitrogens with zero attached hydrogens (tertiary/aromatic N) is 1.